The van der Waals surface area contributed by atoms with Crippen LogP contribution in [0.5, 0.6) is 0 Å². The summed E-state index contributed by atoms with van der Waals surface area (Å²) in [5.41, 5.74) is 0. The van der Waals surface area contributed by atoms with Crippen LogP contribution in [0.3, 0.4) is 0 Å². The highest BCUT2D eigenvalue weighted by molar-refractivity contribution is 4.72. The summed E-state index contributed by atoms with van der Waals surface area (Å²) < 4.78 is 0. The Morgan fingerprint density at radius 1 is 0.750 bits per heavy atom. The van der Waals surface area contributed by atoms with Crippen LogP contribution < -0.4 is 10.6 Å². The topological polar surface area (TPSA) is 30.5 Å². The van der Waals surface area contributed by atoms with Crippen LogP contribution in [0.4, 0.5) is 0 Å². The van der Waals surface area contributed by atoms with E-state index in [2.05, 4.69) is 34.3 Å². The molecule has 0 aliphatic carbocycles. The first-order valence-electron chi connectivity index (χ1n) is 6.73. The van der Waals surface area contributed by atoms with Gasteiger partial charge in [0.25, 0.3) is 0 Å². The highest BCUT2D eigenvalue weighted by atomic mass is 15.3. The second-order valence-electron chi connectivity index (χ2n) is 4.39. The summed E-state index contributed by atoms with van der Waals surface area (Å²) in [6.07, 6.45) is 0. The lowest BCUT2D eigenvalue weighted by Crippen LogP contribution is -2.49. The number of likely N-dealkylation sites (N-methyl/N-ethyl adjacent to an activating group) is 2. The summed E-state index contributed by atoms with van der Waals surface area (Å²) in [5.74, 6) is 0. The summed E-state index contributed by atoms with van der Waals surface area (Å²) in [5, 5.41) is 6.77. The lowest BCUT2D eigenvalue weighted by molar-refractivity contribution is 0.134. The molecule has 1 aliphatic heterocycles. The molecule has 1 saturated heterocycles. The van der Waals surface area contributed by atoms with E-state index in [1.807, 2.05) is 0 Å². The second-order valence-corrected chi connectivity index (χ2v) is 4.39. The highest BCUT2D eigenvalue weighted by Gasteiger charge is 2.15. The van der Waals surface area contributed by atoms with Gasteiger partial charge in [-0.25, -0.2) is 0 Å². The zero-order valence-corrected chi connectivity index (χ0v) is 11.0. The third-order valence-corrected chi connectivity index (χ3v) is 3.17. The maximum Gasteiger partial charge on any atom is 0.0110 e. The van der Waals surface area contributed by atoms with E-state index in [-0.39, 0.29) is 0 Å². The monoisotopic (exact) mass is 228 g/mol. The minimum Gasteiger partial charge on any atom is -0.316 e. The van der Waals surface area contributed by atoms with E-state index < -0.39 is 0 Å². The fourth-order valence-electron chi connectivity index (χ4n) is 2.06. The molecule has 0 unspecified atom stereocenters. The molecule has 0 aromatic carbocycles. The quantitative estimate of drug-likeness (QED) is 0.565. The molecule has 0 aromatic heterocycles. The smallest absolute Gasteiger partial charge is 0.0110 e. The summed E-state index contributed by atoms with van der Waals surface area (Å²) in [7, 11) is 0. The Balaban J connectivity index is 2.00. The Hall–Kier alpha value is -0.160. The van der Waals surface area contributed by atoms with Crippen molar-refractivity contribution in [1.29, 1.82) is 0 Å². The molecule has 1 aliphatic rings. The van der Waals surface area contributed by atoms with Crippen molar-refractivity contribution >= 4 is 0 Å². The molecule has 16 heavy (non-hydrogen) atoms. The van der Waals surface area contributed by atoms with Crippen molar-refractivity contribution in [3.63, 3.8) is 0 Å². The van der Waals surface area contributed by atoms with Crippen molar-refractivity contribution in [2.24, 2.45) is 0 Å². The minimum atomic E-state index is 1.09. The van der Waals surface area contributed by atoms with Gasteiger partial charge in [-0.15, -0.1) is 0 Å². The van der Waals surface area contributed by atoms with Gasteiger partial charge in [0.05, 0.1) is 0 Å². The van der Waals surface area contributed by atoms with E-state index in [0.717, 1.165) is 26.2 Å². The Labute approximate surface area is 100 Å². The van der Waals surface area contributed by atoms with Crippen molar-refractivity contribution in [2.45, 2.75) is 13.8 Å². The first-order valence-corrected chi connectivity index (χ1v) is 6.73. The third-order valence-electron chi connectivity index (χ3n) is 3.17. The second kappa shape index (κ2) is 8.93. The number of nitrogens with one attached hydrogen (secondary N) is 2. The van der Waals surface area contributed by atoms with Crippen molar-refractivity contribution < 1.29 is 0 Å². The zero-order valence-electron chi connectivity index (χ0n) is 11.0. The molecule has 4 nitrogen and oxygen atoms in total. The van der Waals surface area contributed by atoms with Crippen LogP contribution in [-0.2, 0) is 0 Å². The Morgan fingerprint density at radius 3 is 1.44 bits per heavy atom. The van der Waals surface area contributed by atoms with Crippen molar-refractivity contribution in [1.82, 2.24) is 20.4 Å². The van der Waals surface area contributed by atoms with E-state index >= 15 is 0 Å². The number of hydrogen-bond acceptors (Lipinski definition) is 4. The maximum atomic E-state index is 3.38. The van der Waals surface area contributed by atoms with Gasteiger partial charge in [-0.3, -0.25) is 9.80 Å². The molecule has 0 atom stereocenters. The summed E-state index contributed by atoms with van der Waals surface area (Å²) >= 11 is 0. The lowest BCUT2D eigenvalue weighted by Gasteiger charge is -2.34. The molecular formula is C12H28N4. The fraction of sp³-hybridized carbons (Fsp3) is 1.00. The Bertz CT molecular complexity index is 137. The van der Waals surface area contributed by atoms with E-state index in [0.29, 0.717) is 0 Å². The van der Waals surface area contributed by atoms with E-state index in [9.17, 15) is 0 Å². The van der Waals surface area contributed by atoms with Crippen LogP contribution in [0, 0.1) is 0 Å². The minimum absolute atomic E-state index is 1.09. The van der Waals surface area contributed by atoms with Crippen molar-refractivity contribution in [2.75, 3.05) is 65.4 Å². The van der Waals surface area contributed by atoms with Gasteiger partial charge >= 0.3 is 0 Å². The first-order chi connectivity index (χ1) is 7.86. The number of nitrogens with zero attached hydrogens (tertiary/aromatic N) is 2. The summed E-state index contributed by atoms with van der Waals surface area (Å²) in [6.45, 7) is 16.1. The van der Waals surface area contributed by atoms with Gasteiger partial charge in [0.1, 0.15) is 0 Å². The first kappa shape index (κ1) is 13.9. The van der Waals surface area contributed by atoms with Crippen LogP contribution in [0.1, 0.15) is 13.8 Å². The van der Waals surface area contributed by atoms with Crippen LogP contribution in [0.25, 0.3) is 0 Å². The molecule has 0 aromatic rings. The lowest BCUT2D eigenvalue weighted by atomic mass is 10.3. The molecule has 96 valence electrons. The fourth-order valence-corrected chi connectivity index (χ4v) is 2.06. The molecule has 4 heteroatoms. The van der Waals surface area contributed by atoms with Crippen LogP contribution in [0.2, 0.25) is 0 Å². The molecule has 0 amide bonds. The van der Waals surface area contributed by atoms with Gasteiger partial charge in [-0.2, -0.15) is 0 Å². The van der Waals surface area contributed by atoms with Crippen molar-refractivity contribution in [3.05, 3.63) is 0 Å². The molecule has 0 radical (unpaired) electrons. The normalized spacial score (nSPS) is 19.1. The molecule has 0 bridgehead atoms. The Kier molecular flexibility index (Phi) is 7.76. The third kappa shape index (κ3) is 5.80. The number of piperazine rings is 1. The van der Waals surface area contributed by atoms with E-state index in [1.54, 1.807) is 0 Å². The summed E-state index contributed by atoms with van der Waals surface area (Å²) in [6, 6.07) is 0. The van der Waals surface area contributed by atoms with Gasteiger partial charge in [0.2, 0.25) is 0 Å². The molecular weight excluding hydrogens is 200 g/mol. The van der Waals surface area contributed by atoms with Crippen LogP contribution in [-0.4, -0.2) is 75.2 Å². The SMILES string of the molecule is CCNCCN1CCN(CCNCC)CC1. The molecule has 0 spiro atoms. The Morgan fingerprint density at radius 2 is 1.12 bits per heavy atom. The van der Waals surface area contributed by atoms with Crippen molar-refractivity contribution in [3.8, 4) is 0 Å². The largest absolute Gasteiger partial charge is 0.316 e. The predicted molar refractivity (Wildman–Crippen MR) is 70.0 cm³/mol. The van der Waals surface area contributed by atoms with Gasteiger partial charge in [0.15, 0.2) is 0 Å². The molecule has 1 fully saturated rings. The van der Waals surface area contributed by atoms with Gasteiger partial charge in [-0.1, -0.05) is 13.8 Å². The molecule has 1 heterocycles. The molecule has 2 N–H and O–H groups in total. The average molecular weight is 228 g/mol. The van der Waals surface area contributed by atoms with Gasteiger partial charge in [-0.05, 0) is 13.1 Å². The molecule has 1 rings (SSSR count). The maximum absolute atomic E-state index is 3.38. The standard InChI is InChI=1S/C12H28N4/c1-3-13-5-7-15-9-11-16(12-10-15)8-6-14-4-2/h13-14H,3-12H2,1-2H3. The van der Waals surface area contributed by atoms with Crippen LogP contribution in [0.15, 0.2) is 0 Å². The van der Waals surface area contributed by atoms with Gasteiger partial charge < -0.3 is 10.6 Å². The highest BCUT2D eigenvalue weighted by Crippen LogP contribution is 1.99. The average Bonchev–Trinajstić information content (AvgIpc) is 2.32. The van der Waals surface area contributed by atoms with Gasteiger partial charge in [0, 0.05) is 52.4 Å². The molecule has 0 saturated carbocycles. The number of hydrogen-bond donors (Lipinski definition) is 2. The summed E-state index contributed by atoms with van der Waals surface area (Å²) in [4.78, 5) is 5.12. The van der Waals surface area contributed by atoms with E-state index in [4.69, 9.17) is 0 Å². The predicted octanol–water partition coefficient (Wildman–Crippen LogP) is -0.177. The van der Waals surface area contributed by atoms with Crippen LogP contribution >= 0.6 is 0 Å². The van der Waals surface area contributed by atoms with E-state index in [1.165, 1.54) is 39.3 Å². The zero-order chi connectivity index (χ0) is 11.6. The number of rotatable bonds is 8.